The van der Waals surface area contributed by atoms with E-state index in [2.05, 4.69) is 0 Å². The molecule has 2 N–H and O–H groups in total. The molecule has 0 amide bonds. The first-order valence-electron chi connectivity index (χ1n) is 9.91. The van der Waals surface area contributed by atoms with Gasteiger partial charge in [0.05, 0.1) is 5.57 Å². The third-order valence-corrected chi connectivity index (χ3v) is 6.00. The minimum atomic E-state index is -1.28. The first-order chi connectivity index (χ1) is 14.2. The van der Waals surface area contributed by atoms with Crippen LogP contribution in [0.3, 0.4) is 0 Å². The van der Waals surface area contributed by atoms with E-state index in [0.29, 0.717) is 25.8 Å². The van der Waals surface area contributed by atoms with Crippen molar-refractivity contribution in [2.45, 2.75) is 25.2 Å². The lowest BCUT2D eigenvalue weighted by molar-refractivity contribution is -0.136. The maximum atomic E-state index is 13.7. The van der Waals surface area contributed by atoms with Crippen molar-refractivity contribution >= 4 is 11.9 Å². The number of fused-ring (bicyclic) bond motifs is 1. The van der Waals surface area contributed by atoms with Gasteiger partial charge in [-0.25, -0.2) is 14.0 Å². The van der Waals surface area contributed by atoms with E-state index in [9.17, 15) is 24.2 Å². The Morgan fingerprint density at radius 3 is 2.40 bits per heavy atom. The van der Waals surface area contributed by atoms with Crippen LogP contribution in [0.1, 0.15) is 35.4 Å². The lowest BCUT2D eigenvalue weighted by Crippen LogP contribution is -2.41. The molecule has 0 radical (unpaired) electrons. The van der Waals surface area contributed by atoms with Crippen LogP contribution in [-0.4, -0.2) is 47.7 Å². The van der Waals surface area contributed by atoms with Crippen molar-refractivity contribution in [3.05, 3.63) is 82.7 Å². The summed E-state index contributed by atoms with van der Waals surface area (Å²) in [7, 11) is 3.80. The fourth-order valence-corrected chi connectivity index (χ4v) is 4.66. The maximum Gasteiger partial charge on any atom is 0.332 e. The van der Waals surface area contributed by atoms with Crippen molar-refractivity contribution in [2.75, 3.05) is 20.6 Å². The predicted molar refractivity (Wildman–Crippen MR) is 112 cm³/mol. The van der Waals surface area contributed by atoms with Gasteiger partial charge < -0.3 is 15.1 Å². The zero-order valence-electron chi connectivity index (χ0n) is 17.1. The van der Waals surface area contributed by atoms with Gasteiger partial charge in [0.15, 0.2) is 0 Å². The number of aliphatic carboxylic acids is 2. The molecule has 0 saturated heterocycles. The number of nitrogens with zero attached hydrogens (tertiary/aromatic N) is 1. The number of aryl methyl sites for hydroxylation is 1. The van der Waals surface area contributed by atoms with Gasteiger partial charge in [0.2, 0.25) is 0 Å². The van der Waals surface area contributed by atoms with E-state index >= 15 is 0 Å². The summed E-state index contributed by atoms with van der Waals surface area (Å²) in [6, 6.07) is 13.9. The second kappa shape index (κ2) is 8.79. The molecule has 0 aromatic heterocycles. The maximum absolute atomic E-state index is 13.7. The molecule has 0 aliphatic heterocycles. The van der Waals surface area contributed by atoms with E-state index in [0.717, 1.165) is 22.8 Å². The minimum absolute atomic E-state index is 0.110. The SMILES string of the molecule is CN(C)CC[C@@]1(C(=CC(=O)O)C(=O)O)CCc2ccccc2[C@H]1c1ccc(F)cc1. The van der Waals surface area contributed by atoms with Crippen molar-refractivity contribution in [3.63, 3.8) is 0 Å². The van der Waals surface area contributed by atoms with Crippen LogP contribution in [0.4, 0.5) is 4.39 Å². The van der Waals surface area contributed by atoms with Crippen molar-refractivity contribution in [1.82, 2.24) is 4.90 Å². The van der Waals surface area contributed by atoms with Gasteiger partial charge in [0.25, 0.3) is 0 Å². The number of carbonyl (C=O) groups is 2. The molecular weight excluding hydrogens is 385 g/mol. The van der Waals surface area contributed by atoms with Gasteiger partial charge in [-0.05, 0) is 68.7 Å². The fourth-order valence-electron chi connectivity index (χ4n) is 4.66. The fraction of sp³-hybridized carbons (Fsp3) is 0.333. The molecule has 5 nitrogen and oxygen atoms in total. The molecule has 0 saturated carbocycles. The van der Waals surface area contributed by atoms with E-state index in [4.69, 9.17) is 0 Å². The summed E-state index contributed by atoms with van der Waals surface area (Å²) >= 11 is 0. The van der Waals surface area contributed by atoms with Gasteiger partial charge in [0.1, 0.15) is 5.82 Å². The molecule has 6 heteroatoms. The molecule has 0 heterocycles. The monoisotopic (exact) mass is 411 g/mol. The minimum Gasteiger partial charge on any atom is -0.478 e. The van der Waals surface area contributed by atoms with Gasteiger partial charge >= 0.3 is 11.9 Å². The molecule has 1 aliphatic rings. The van der Waals surface area contributed by atoms with Crippen molar-refractivity contribution in [3.8, 4) is 0 Å². The molecule has 0 spiro atoms. The molecule has 0 fully saturated rings. The first kappa shape index (κ1) is 21.7. The van der Waals surface area contributed by atoms with Crippen LogP contribution in [0.2, 0.25) is 0 Å². The molecule has 1 aliphatic carbocycles. The van der Waals surface area contributed by atoms with Gasteiger partial charge in [-0.2, -0.15) is 0 Å². The highest BCUT2D eigenvalue weighted by atomic mass is 19.1. The summed E-state index contributed by atoms with van der Waals surface area (Å²) in [6.07, 6.45) is 2.43. The van der Waals surface area contributed by atoms with Crippen LogP contribution in [0.15, 0.2) is 60.2 Å². The lowest BCUT2D eigenvalue weighted by Gasteiger charge is -2.46. The molecule has 3 rings (SSSR count). The van der Waals surface area contributed by atoms with E-state index < -0.39 is 23.3 Å². The summed E-state index contributed by atoms with van der Waals surface area (Å²) in [5.74, 6) is -3.29. The van der Waals surface area contributed by atoms with Crippen LogP contribution in [-0.2, 0) is 16.0 Å². The Hall–Kier alpha value is -2.99. The molecule has 158 valence electrons. The Bertz CT molecular complexity index is 967. The average molecular weight is 411 g/mol. The highest BCUT2D eigenvalue weighted by Gasteiger charge is 2.48. The number of hydrogen-bond acceptors (Lipinski definition) is 3. The zero-order chi connectivity index (χ0) is 21.9. The summed E-state index contributed by atoms with van der Waals surface area (Å²) in [6.45, 7) is 0.587. The molecule has 2 atom stereocenters. The van der Waals surface area contributed by atoms with Crippen LogP contribution < -0.4 is 0 Å². The normalized spacial score (nSPS) is 21.3. The Kier molecular flexibility index (Phi) is 6.37. The Morgan fingerprint density at radius 1 is 1.13 bits per heavy atom. The second-order valence-electron chi connectivity index (χ2n) is 8.09. The molecular formula is C24H26FNO4. The smallest absolute Gasteiger partial charge is 0.332 e. The first-order valence-corrected chi connectivity index (χ1v) is 9.91. The van der Waals surface area contributed by atoms with Crippen LogP contribution >= 0.6 is 0 Å². The van der Waals surface area contributed by atoms with Crippen molar-refractivity contribution in [2.24, 2.45) is 5.41 Å². The van der Waals surface area contributed by atoms with Gasteiger partial charge in [-0.1, -0.05) is 36.4 Å². The number of carboxylic acid groups (broad SMARTS) is 2. The highest BCUT2D eigenvalue weighted by molar-refractivity contribution is 5.96. The van der Waals surface area contributed by atoms with Gasteiger partial charge in [-0.3, -0.25) is 0 Å². The third-order valence-electron chi connectivity index (χ3n) is 6.00. The molecule has 0 bridgehead atoms. The number of carboxylic acids is 2. The van der Waals surface area contributed by atoms with Gasteiger partial charge in [0, 0.05) is 17.4 Å². The predicted octanol–water partition coefficient (Wildman–Crippen LogP) is 3.94. The number of hydrogen-bond donors (Lipinski definition) is 2. The topological polar surface area (TPSA) is 77.8 Å². The summed E-state index contributed by atoms with van der Waals surface area (Å²) < 4.78 is 13.7. The summed E-state index contributed by atoms with van der Waals surface area (Å²) in [5, 5.41) is 19.5. The van der Waals surface area contributed by atoms with E-state index in [-0.39, 0.29) is 11.4 Å². The van der Waals surface area contributed by atoms with Gasteiger partial charge in [-0.15, -0.1) is 0 Å². The number of benzene rings is 2. The number of halogens is 1. The third kappa shape index (κ3) is 4.28. The molecule has 30 heavy (non-hydrogen) atoms. The molecule has 2 aromatic rings. The van der Waals surface area contributed by atoms with E-state index in [1.807, 2.05) is 43.3 Å². The Morgan fingerprint density at radius 2 is 1.80 bits per heavy atom. The van der Waals surface area contributed by atoms with Crippen molar-refractivity contribution in [1.29, 1.82) is 0 Å². The Balaban J connectivity index is 2.30. The van der Waals surface area contributed by atoms with Crippen LogP contribution in [0, 0.1) is 11.2 Å². The molecule has 2 aromatic carbocycles. The number of rotatable bonds is 7. The Labute approximate surface area is 175 Å². The summed E-state index contributed by atoms with van der Waals surface area (Å²) in [5.41, 5.74) is 1.79. The van der Waals surface area contributed by atoms with Crippen LogP contribution in [0.5, 0.6) is 0 Å². The van der Waals surface area contributed by atoms with E-state index in [1.165, 1.54) is 12.1 Å². The standard InChI is InChI=1S/C24H26FNO4/c1-26(2)14-13-24(20(23(29)30)15-21(27)28)12-11-16-5-3-4-6-19(16)22(24)17-7-9-18(25)10-8-17/h3-10,15,22H,11-14H2,1-2H3,(H,27,28)(H,29,30)/t22-,24-/m1/s1. The van der Waals surface area contributed by atoms with E-state index in [1.54, 1.807) is 12.1 Å². The van der Waals surface area contributed by atoms with Crippen molar-refractivity contribution < 1.29 is 24.2 Å². The lowest BCUT2D eigenvalue weighted by atomic mass is 9.56. The van der Waals surface area contributed by atoms with Crippen LogP contribution in [0.25, 0.3) is 0 Å². The largest absolute Gasteiger partial charge is 0.478 e. The zero-order valence-corrected chi connectivity index (χ0v) is 17.1. The summed E-state index contributed by atoms with van der Waals surface area (Å²) in [4.78, 5) is 25.9. The highest BCUT2D eigenvalue weighted by Crippen LogP contribution is 2.55. The quantitative estimate of drug-likeness (QED) is 0.675. The molecule has 0 unspecified atom stereocenters. The average Bonchev–Trinajstić information content (AvgIpc) is 2.70. The second-order valence-corrected chi connectivity index (χ2v) is 8.09.